The van der Waals surface area contributed by atoms with Crippen molar-refractivity contribution in [1.29, 1.82) is 0 Å². The highest BCUT2D eigenvalue weighted by Gasteiger charge is 2.39. The maximum atomic E-state index is 13.0. The molecule has 0 unspecified atom stereocenters. The zero-order chi connectivity index (χ0) is 18.7. The van der Waals surface area contributed by atoms with Gasteiger partial charge in [0.2, 0.25) is 0 Å². The molecule has 1 aliphatic rings. The number of thioether (sulfide) groups is 1. The molecule has 0 fully saturated rings. The van der Waals surface area contributed by atoms with E-state index in [-0.39, 0.29) is 23.6 Å². The standard InChI is InChI=1S/C20H21NO4S/c1-4-24-15-9-7-14(8-10-15)17-18(26-13(2)3)20(23)21(19(17)22)12-16-6-5-11-25-16/h5-11,13H,4,12H2,1-3H3. The highest BCUT2D eigenvalue weighted by atomic mass is 32.2. The third-order valence-electron chi connectivity index (χ3n) is 3.83. The molecule has 1 aromatic heterocycles. The number of hydrogen-bond donors (Lipinski definition) is 0. The Morgan fingerprint density at radius 1 is 1.12 bits per heavy atom. The van der Waals surface area contributed by atoms with Crippen LogP contribution in [-0.4, -0.2) is 28.6 Å². The molecule has 0 N–H and O–H groups in total. The number of carbonyl (C=O) groups excluding carboxylic acids is 2. The summed E-state index contributed by atoms with van der Waals surface area (Å²) in [6.07, 6.45) is 1.53. The van der Waals surface area contributed by atoms with Crippen LogP contribution >= 0.6 is 11.8 Å². The molecule has 3 rings (SSSR count). The first-order valence-corrected chi connectivity index (χ1v) is 9.42. The smallest absolute Gasteiger partial charge is 0.268 e. The van der Waals surface area contributed by atoms with Crippen molar-refractivity contribution in [3.63, 3.8) is 0 Å². The lowest BCUT2D eigenvalue weighted by Crippen LogP contribution is -2.30. The van der Waals surface area contributed by atoms with Gasteiger partial charge < -0.3 is 9.15 Å². The summed E-state index contributed by atoms with van der Waals surface area (Å²) in [6.45, 7) is 6.62. The molecule has 1 aliphatic heterocycles. The average molecular weight is 371 g/mol. The Kier molecular flexibility index (Phi) is 5.52. The molecule has 2 amide bonds. The highest BCUT2D eigenvalue weighted by Crippen LogP contribution is 2.38. The number of amides is 2. The molecule has 2 heterocycles. The summed E-state index contributed by atoms with van der Waals surface area (Å²) in [5, 5.41) is 0.183. The minimum absolute atomic E-state index is 0.132. The minimum atomic E-state index is -0.293. The summed E-state index contributed by atoms with van der Waals surface area (Å²) in [7, 11) is 0. The SMILES string of the molecule is CCOc1ccc(C2=C(SC(C)C)C(=O)N(Cc3ccco3)C2=O)cc1. The lowest BCUT2D eigenvalue weighted by molar-refractivity contribution is -0.137. The van der Waals surface area contributed by atoms with E-state index in [4.69, 9.17) is 9.15 Å². The molecule has 6 heteroatoms. The number of ether oxygens (including phenoxy) is 1. The van der Waals surface area contributed by atoms with Crippen molar-refractivity contribution >= 4 is 29.1 Å². The summed E-state index contributed by atoms with van der Waals surface area (Å²) in [5.41, 5.74) is 1.17. The third-order valence-corrected chi connectivity index (χ3v) is 4.91. The number of hydrogen-bond acceptors (Lipinski definition) is 5. The first-order chi connectivity index (χ1) is 12.5. The highest BCUT2D eigenvalue weighted by molar-refractivity contribution is 8.04. The summed E-state index contributed by atoms with van der Waals surface area (Å²) in [5.74, 6) is 0.750. The largest absolute Gasteiger partial charge is 0.494 e. The van der Waals surface area contributed by atoms with Gasteiger partial charge in [-0.3, -0.25) is 14.5 Å². The van der Waals surface area contributed by atoms with Crippen LogP contribution in [0.15, 0.2) is 52.0 Å². The zero-order valence-electron chi connectivity index (χ0n) is 15.0. The fourth-order valence-electron chi connectivity index (χ4n) is 2.74. The second kappa shape index (κ2) is 7.83. The van der Waals surface area contributed by atoms with E-state index in [9.17, 15) is 9.59 Å². The molecular formula is C20H21NO4S. The van der Waals surface area contributed by atoms with Crippen molar-refractivity contribution in [2.45, 2.75) is 32.6 Å². The molecule has 0 atom stereocenters. The molecule has 0 saturated heterocycles. The number of rotatable bonds is 7. The average Bonchev–Trinajstić information content (AvgIpc) is 3.19. The van der Waals surface area contributed by atoms with Gasteiger partial charge in [-0.25, -0.2) is 0 Å². The number of nitrogens with zero attached hydrogens (tertiary/aromatic N) is 1. The number of furan rings is 1. The first kappa shape index (κ1) is 18.3. The molecular weight excluding hydrogens is 350 g/mol. The first-order valence-electron chi connectivity index (χ1n) is 8.54. The van der Waals surface area contributed by atoms with Gasteiger partial charge in [0.15, 0.2) is 0 Å². The predicted molar refractivity (Wildman–Crippen MR) is 102 cm³/mol. The molecule has 0 radical (unpaired) electrons. The lowest BCUT2D eigenvalue weighted by atomic mass is 10.1. The Labute approximate surface area is 157 Å². The van der Waals surface area contributed by atoms with Gasteiger partial charge in [-0.05, 0) is 36.8 Å². The van der Waals surface area contributed by atoms with Crippen molar-refractivity contribution in [2.24, 2.45) is 0 Å². The Balaban J connectivity index is 1.95. The van der Waals surface area contributed by atoms with E-state index in [1.54, 1.807) is 12.1 Å². The van der Waals surface area contributed by atoms with E-state index in [1.807, 2.05) is 45.0 Å². The summed E-state index contributed by atoms with van der Waals surface area (Å²) < 4.78 is 10.8. The monoisotopic (exact) mass is 371 g/mol. The van der Waals surface area contributed by atoms with E-state index in [0.717, 1.165) is 11.3 Å². The summed E-state index contributed by atoms with van der Waals surface area (Å²) in [6, 6.07) is 10.8. The summed E-state index contributed by atoms with van der Waals surface area (Å²) >= 11 is 1.41. The Morgan fingerprint density at radius 2 is 1.85 bits per heavy atom. The lowest BCUT2D eigenvalue weighted by Gasteiger charge is -2.13. The topological polar surface area (TPSA) is 59.8 Å². The number of benzene rings is 1. The van der Waals surface area contributed by atoms with Crippen LogP contribution in [0.25, 0.3) is 5.57 Å². The molecule has 0 spiro atoms. The van der Waals surface area contributed by atoms with Gasteiger partial charge in [0, 0.05) is 5.25 Å². The quantitative estimate of drug-likeness (QED) is 0.686. The van der Waals surface area contributed by atoms with Crippen molar-refractivity contribution < 1.29 is 18.7 Å². The van der Waals surface area contributed by atoms with Crippen LogP contribution < -0.4 is 4.74 Å². The van der Waals surface area contributed by atoms with Crippen molar-refractivity contribution in [2.75, 3.05) is 6.61 Å². The molecule has 5 nitrogen and oxygen atoms in total. The fraction of sp³-hybridized carbons (Fsp3) is 0.300. The van der Waals surface area contributed by atoms with E-state index in [2.05, 4.69) is 0 Å². The molecule has 0 aliphatic carbocycles. The van der Waals surface area contributed by atoms with Crippen molar-refractivity contribution in [1.82, 2.24) is 4.90 Å². The Morgan fingerprint density at radius 3 is 2.42 bits per heavy atom. The van der Waals surface area contributed by atoms with Gasteiger partial charge in [-0.15, -0.1) is 11.8 Å². The molecule has 0 saturated carbocycles. The maximum absolute atomic E-state index is 13.0. The van der Waals surface area contributed by atoms with Crippen molar-refractivity contribution in [3.8, 4) is 5.75 Å². The fourth-order valence-corrected chi connectivity index (χ4v) is 3.75. The van der Waals surface area contributed by atoms with Crippen LogP contribution in [0.1, 0.15) is 32.1 Å². The Hall–Kier alpha value is -2.47. The normalized spacial score (nSPS) is 14.7. The van der Waals surface area contributed by atoms with Gasteiger partial charge in [0.25, 0.3) is 11.8 Å². The molecule has 136 valence electrons. The second-order valence-corrected chi connectivity index (χ2v) is 7.69. The van der Waals surface area contributed by atoms with Crippen LogP contribution in [0, 0.1) is 0 Å². The van der Waals surface area contributed by atoms with Crippen LogP contribution in [-0.2, 0) is 16.1 Å². The van der Waals surface area contributed by atoms with Gasteiger partial charge >= 0.3 is 0 Å². The zero-order valence-corrected chi connectivity index (χ0v) is 15.8. The van der Waals surface area contributed by atoms with Crippen molar-refractivity contribution in [3.05, 3.63) is 58.9 Å². The van der Waals surface area contributed by atoms with Crippen LogP contribution in [0.4, 0.5) is 0 Å². The van der Waals surface area contributed by atoms with Gasteiger partial charge in [-0.1, -0.05) is 26.0 Å². The summed E-state index contributed by atoms with van der Waals surface area (Å²) in [4.78, 5) is 27.6. The van der Waals surface area contributed by atoms with Gasteiger partial charge in [-0.2, -0.15) is 0 Å². The van der Waals surface area contributed by atoms with Gasteiger partial charge in [0.1, 0.15) is 11.5 Å². The number of imide groups is 1. The van der Waals surface area contributed by atoms with Crippen LogP contribution in [0.5, 0.6) is 5.75 Å². The third kappa shape index (κ3) is 3.70. The minimum Gasteiger partial charge on any atom is -0.494 e. The van der Waals surface area contributed by atoms with Crippen LogP contribution in [0.3, 0.4) is 0 Å². The van der Waals surface area contributed by atoms with E-state index in [1.165, 1.54) is 22.9 Å². The molecule has 2 aromatic rings. The van der Waals surface area contributed by atoms with E-state index in [0.29, 0.717) is 22.8 Å². The van der Waals surface area contributed by atoms with E-state index >= 15 is 0 Å². The molecule has 1 aromatic carbocycles. The molecule has 26 heavy (non-hydrogen) atoms. The maximum Gasteiger partial charge on any atom is 0.268 e. The predicted octanol–water partition coefficient (Wildman–Crippen LogP) is 4.10. The van der Waals surface area contributed by atoms with Crippen LogP contribution in [0.2, 0.25) is 0 Å². The number of carbonyl (C=O) groups is 2. The Bertz CT molecular complexity index is 822. The molecule has 0 bridgehead atoms. The van der Waals surface area contributed by atoms with Gasteiger partial charge in [0.05, 0.1) is 29.9 Å². The second-order valence-electron chi connectivity index (χ2n) is 6.10. The van der Waals surface area contributed by atoms with E-state index < -0.39 is 0 Å².